The van der Waals surface area contributed by atoms with E-state index in [9.17, 15) is 14.7 Å². The summed E-state index contributed by atoms with van der Waals surface area (Å²) in [4.78, 5) is 25.5. The van der Waals surface area contributed by atoms with Crippen molar-refractivity contribution in [2.24, 2.45) is 5.92 Å². The summed E-state index contributed by atoms with van der Waals surface area (Å²) >= 11 is 0. The number of hydrogen-bond donors (Lipinski definition) is 1. The Kier molecular flexibility index (Phi) is 5.41. The summed E-state index contributed by atoms with van der Waals surface area (Å²) in [7, 11) is 0. The van der Waals surface area contributed by atoms with Gasteiger partial charge in [-0.2, -0.15) is 0 Å². The minimum Gasteiger partial charge on any atom is -0.480 e. The normalized spacial score (nSPS) is 19.6. The third kappa shape index (κ3) is 4.41. The molecule has 1 atom stereocenters. The van der Waals surface area contributed by atoms with E-state index in [0.29, 0.717) is 23.8 Å². The van der Waals surface area contributed by atoms with E-state index in [2.05, 4.69) is 0 Å². The number of aliphatic carboxylic acids is 1. The first-order valence-corrected chi connectivity index (χ1v) is 9.01. The molecule has 5 nitrogen and oxygen atoms in total. The first-order valence-electron chi connectivity index (χ1n) is 9.01. The van der Waals surface area contributed by atoms with E-state index in [0.717, 1.165) is 31.2 Å². The number of carbonyl (C=O) groups is 2. The van der Waals surface area contributed by atoms with Crippen LogP contribution in [-0.4, -0.2) is 34.5 Å². The highest BCUT2D eigenvalue weighted by Gasteiger charge is 2.36. The van der Waals surface area contributed by atoms with Gasteiger partial charge in [0.2, 0.25) is 0 Å². The number of amides is 1. The second-order valence-corrected chi connectivity index (χ2v) is 7.09. The maximum atomic E-state index is 12.3. The van der Waals surface area contributed by atoms with E-state index in [1.54, 1.807) is 0 Å². The van der Waals surface area contributed by atoms with Gasteiger partial charge in [-0.1, -0.05) is 44.2 Å². The fraction of sp³-hybridized carbons (Fsp3) is 0.500. The summed E-state index contributed by atoms with van der Waals surface area (Å²) in [6.45, 7) is 2.19. The minimum atomic E-state index is -0.927. The molecule has 1 unspecified atom stereocenters. The lowest BCUT2D eigenvalue weighted by molar-refractivity contribution is -0.148. The van der Waals surface area contributed by atoms with Gasteiger partial charge in [0.05, 0.1) is 6.54 Å². The third-order valence-corrected chi connectivity index (χ3v) is 5.07. The van der Waals surface area contributed by atoms with Crippen LogP contribution in [0.5, 0.6) is 5.75 Å². The molecule has 134 valence electrons. The van der Waals surface area contributed by atoms with Crippen LogP contribution >= 0.6 is 0 Å². The van der Waals surface area contributed by atoms with Crippen LogP contribution in [0.3, 0.4) is 0 Å². The van der Waals surface area contributed by atoms with Crippen LogP contribution in [0.4, 0.5) is 0 Å². The summed E-state index contributed by atoms with van der Waals surface area (Å²) < 4.78 is 5.78. The highest BCUT2D eigenvalue weighted by Crippen LogP contribution is 2.30. The average molecular weight is 343 g/mol. The van der Waals surface area contributed by atoms with Crippen molar-refractivity contribution in [3.05, 3.63) is 41.7 Å². The minimum absolute atomic E-state index is 0.219. The van der Waals surface area contributed by atoms with Crippen molar-refractivity contribution in [3.8, 4) is 5.75 Å². The van der Waals surface area contributed by atoms with Crippen molar-refractivity contribution in [1.82, 2.24) is 4.90 Å². The van der Waals surface area contributed by atoms with E-state index in [4.69, 9.17) is 4.74 Å². The van der Waals surface area contributed by atoms with Crippen molar-refractivity contribution < 1.29 is 19.4 Å². The van der Waals surface area contributed by atoms with Gasteiger partial charge in [0.15, 0.2) is 0 Å². The number of ether oxygens (including phenoxy) is 1. The van der Waals surface area contributed by atoms with Crippen LogP contribution in [-0.2, 0) is 9.59 Å². The SMILES string of the molecule is Cc1cccc(OC2=CC(=O)N(C(CC3CCCCC3)C(=O)O)C2)c1. The highest BCUT2D eigenvalue weighted by atomic mass is 16.5. The van der Waals surface area contributed by atoms with E-state index < -0.39 is 12.0 Å². The first-order chi connectivity index (χ1) is 12.0. The summed E-state index contributed by atoms with van der Waals surface area (Å²) in [6.07, 6.45) is 7.62. The van der Waals surface area contributed by atoms with Crippen LogP contribution in [0.25, 0.3) is 0 Å². The number of benzene rings is 1. The lowest BCUT2D eigenvalue weighted by Gasteiger charge is -2.30. The van der Waals surface area contributed by atoms with Crippen molar-refractivity contribution in [3.63, 3.8) is 0 Å². The molecule has 1 aromatic carbocycles. The van der Waals surface area contributed by atoms with Crippen molar-refractivity contribution in [1.29, 1.82) is 0 Å². The van der Waals surface area contributed by atoms with Crippen LogP contribution in [0.2, 0.25) is 0 Å². The zero-order chi connectivity index (χ0) is 17.8. The van der Waals surface area contributed by atoms with Gasteiger partial charge < -0.3 is 14.7 Å². The fourth-order valence-corrected chi connectivity index (χ4v) is 3.77. The predicted molar refractivity (Wildman–Crippen MR) is 94.2 cm³/mol. The molecule has 0 radical (unpaired) electrons. The first kappa shape index (κ1) is 17.5. The topological polar surface area (TPSA) is 66.8 Å². The average Bonchev–Trinajstić information content (AvgIpc) is 2.93. The summed E-state index contributed by atoms with van der Waals surface area (Å²) in [5.41, 5.74) is 1.07. The second kappa shape index (κ2) is 7.72. The van der Waals surface area contributed by atoms with E-state index in [1.165, 1.54) is 17.4 Å². The van der Waals surface area contributed by atoms with Gasteiger partial charge in [0.25, 0.3) is 5.91 Å². The van der Waals surface area contributed by atoms with Gasteiger partial charge in [0, 0.05) is 6.08 Å². The number of carbonyl (C=O) groups excluding carboxylic acids is 1. The molecule has 1 heterocycles. The van der Waals surface area contributed by atoms with Gasteiger partial charge in [-0.3, -0.25) is 4.79 Å². The summed E-state index contributed by atoms with van der Waals surface area (Å²) in [6, 6.07) is 6.81. The molecule has 1 aliphatic carbocycles. The Balaban J connectivity index is 1.65. The largest absolute Gasteiger partial charge is 0.480 e. The fourth-order valence-electron chi connectivity index (χ4n) is 3.77. The Bertz CT molecular complexity index is 676. The quantitative estimate of drug-likeness (QED) is 0.858. The van der Waals surface area contributed by atoms with Gasteiger partial charge in [-0.25, -0.2) is 4.79 Å². The molecule has 2 aliphatic rings. The molecule has 0 aromatic heterocycles. The molecular formula is C20H25NO4. The Morgan fingerprint density at radius 3 is 2.76 bits per heavy atom. The zero-order valence-electron chi connectivity index (χ0n) is 14.6. The number of rotatable bonds is 6. The Labute approximate surface area is 148 Å². The molecule has 25 heavy (non-hydrogen) atoms. The van der Waals surface area contributed by atoms with E-state index >= 15 is 0 Å². The van der Waals surface area contributed by atoms with Gasteiger partial charge >= 0.3 is 5.97 Å². The molecule has 1 aliphatic heterocycles. The molecule has 0 bridgehead atoms. The predicted octanol–water partition coefficient (Wildman–Crippen LogP) is 3.52. The Morgan fingerprint density at radius 1 is 1.32 bits per heavy atom. The zero-order valence-corrected chi connectivity index (χ0v) is 14.6. The number of nitrogens with zero attached hydrogens (tertiary/aromatic N) is 1. The molecule has 1 saturated carbocycles. The molecular weight excluding hydrogens is 318 g/mol. The number of carboxylic acids is 1. The maximum absolute atomic E-state index is 12.3. The number of aryl methyl sites for hydroxylation is 1. The van der Waals surface area contributed by atoms with E-state index in [-0.39, 0.29) is 12.5 Å². The lowest BCUT2D eigenvalue weighted by Crippen LogP contribution is -2.44. The third-order valence-electron chi connectivity index (χ3n) is 5.07. The number of carboxylic acid groups (broad SMARTS) is 1. The molecule has 1 fully saturated rings. The van der Waals surface area contributed by atoms with Crippen LogP contribution in [0.15, 0.2) is 36.1 Å². The summed E-state index contributed by atoms with van der Waals surface area (Å²) in [5.74, 6) is 0.366. The molecule has 0 spiro atoms. The van der Waals surface area contributed by atoms with Crippen molar-refractivity contribution >= 4 is 11.9 Å². The van der Waals surface area contributed by atoms with Crippen molar-refractivity contribution in [2.75, 3.05) is 6.54 Å². The monoisotopic (exact) mass is 343 g/mol. The van der Waals surface area contributed by atoms with E-state index in [1.807, 2.05) is 31.2 Å². The van der Waals surface area contributed by atoms with Gasteiger partial charge in [-0.05, 0) is 37.0 Å². The molecule has 1 aromatic rings. The summed E-state index contributed by atoms with van der Waals surface area (Å²) in [5, 5.41) is 9.64. The molecule has 5 heteroatoms. The molecule has 0 saturated heterocycles. The maximum Gasteiger partial charge on any atom is 0.326 e. The second-order valence-electron chi connectivity index (χ2n) is 7.09. The van der Waals surface area contributed by atoms with Crippen LogP contribution < -0.4 is 4.74 Å². The van der Waals surface area contributed by atoms with Crippen LogP contribution in [0.1, 0.15) is 44.1 Å². The van der Waals surface area contributed by atoms with Gasteiger partial charge in [0.1, 0.15) is 17.6 Å². The standard InChI is InChI=1S/C20H25NO4/c1-14-6-5-9-16(10-14)25-17-12-19(22)21(13-17)18(20(23)24)11-15-7-3-2-4-8-15/h5-6,9-10,12,15,18H,2-4,7-8,11,13H2,1H3,(H,23,24). The van der Waals surface area contributed by atoms with Crippen molar-refractivity contribution in [2.45, 2.75) is 51.5 Å². The Hall–Kier alpha value is -2.30. The molecule has 1 amide bonds. The molecule has 1 N–H and O–H groups in total. The highest BCUT2D eigenvalue weighted by molar-refractivity contribution is 5.94. The lowest BCUT2D eigenvalue weighted by atomic mass is 9.84. The molecule has 3 rings (SSSR count). The Morgan fingerprint density at radius 2 is 2.08 bits per heavy atom. The smallest absolute Gasteiger partial charge is 0.326 e. The number of hydrogen-bond acceptors (Lipinski definition) is 3. The van der Waals surface area contributed by atoms with Gasteiger partial charge in [-0.15, -0.1) is 0 Å². The van der Waals surface area contributed by atoms with Crippen LogP contribution in [0, 0.1) is 12.8 Å².